The standard InChI is InChI=1S/C9H17N3O5S/c1-6(2)17-9(14)11-18(15,16)12-5-4-10-8(13)7(12)3/h6-7H,4-5H2,1-3H3,(H,10,13)(H,11,14). The van der Waals surface area contributed by atoms with Crippen molar-refractivity contribution in [2.24, 2.45) is 0 Å². The third kappa shape index (κ3) is 3.57. The summed E-state index contributed by atoms with van der Waals surface area (Å²) in [4.78, 5) is 22.6. The average Bonchev–Trinajstić information content (AvgIpc) is 2.19. The molecule has 1 heterocycles. The number of amides is 2. The van der Waals surface area contributed by atoms with E-state index in [2.05, 4.69) is 10.1 Å². The van der Waals surface area contributed by atoms with E-state index in [1.54, 1.807) is 18.6 Å². The molecular formula is C9H17N3O5S. The van der Waals surface area contributed by atoms with Crippen molar-refractivity contribution in [2.45, 2.75) is 32.9 Å². The lowest BCUT2D eigenvalue weighted by Crippen LogP contribution is -2.59. The number of nitrogens with one attached hydrogen (secondary N) is 2. The van der Waals surface area contributed by atoms with Crippen LogP contribution in [0.1, 0.15) is 20.8 Å². The molecule has 104 valence electrons. The number of nitrogens with zero attached hydrogens (tertiary/aromatic N) is 1. The van der Waals surface area contributed by atoms with Gasteiger partial charge in [-0.1, -0.05) is 0 Å². The number of carbonyl (C=O) groups excluding carboxylic acids is 2. The van der Waals surface area contributed by atoms with Crippen molar-refractivity contribution in [1.82, 2.24) is 14.3 Å². The van der Waals surface area contributed by atoms with Gasteiger partial charge in [0, 0.05) is 13.1 Å². The van der Waals surface area contributed by atoms with Crippen molar-refractivity contribution in [1.29, 1.82) is 0 Å². The molecule has 0 saturated carbocycles. The van der Waals surface area contributed by atoms with Crippen LogP contribution in [0.25, 0.3) is 0 Å². The molecule has 1 aliphatic heterocycles. The molecule has 1 fully saturated rings. The Morgan fingerprint density at radius 1 is 1.56 bits per heavy atom. The van der Waals surface area contributed by atoms with Gasteiger partial charge in [-0.25, -0.2) is 9.52 Å². The van der Waals surface area contributed by atoms with Crippen LogP contribution in [0.2, 0.25) is 0 Å². The highest BCUT2D eigenvalue weighted by Gasteiger charge is 2.35. The lowest BCUT2D eigenvalue weighted by atomic mass is 10.2. The topological polar surface area (TPSA) is 105 Å². The normalized spacial score (nSPS) is 21.6. The fourth-order valence-corrected chi connectivity index (χ4v) is 2.71. The van der Waals surface area contributed by atoms with E-state index in [4.69, 9.17) is 0 Å². The average molecular weight is 279 g/mol. The monoisotopic (exact) mass is 279 g/mol. The van der Waals surface area contributed by atoms with Crippen molar-refractivity contribution in [3.63, 3.8) is 0 Å². The van der Waals surface area contributed by atoms with Gasteiger partial charge < -0.3 is 10.1 Å². The summed E-state index contributed by atoms with van der Waals surface area (Å²) in [7, 11) is -4.06. The van der Waals surface area contributed by atoms with Gasteiger partial charge in [-0.3, -0.25) is 4.79 Å². The summed E-state index contributed by atoms with van der Waals surface area (Å²) in [5, 5.41) is 2.53. The molecule has 9 heteroatoms. The highest BCUT2D eigenvalue weighted by atomic mass is 32.2. The van der Waals surface area contributed by atoms with Gasteiger partial charge in [0.2, 0.25) is 5.91 Å². The van der Waals surface area contributed by atoms with Crippen LogP contribution in [0.4, 0.5) is 4.79 Å². The highest BCUT2D eigenvalue weighted by Crippen LogP contribution is 2.09. The molecule has 0 aliphatic carbocycles. The van der Waals surface area contributed by atoms with Gasteiger partial charge in [0.1, 0.15) is 6.04 Å². The van der Waals surface area contributed by atoms with Crippen molar-refractivity contribution < 1.29 is 22.7 Å². The quantitative estimate of drug-likeness (QED) is 0.702. The number of piperazine rings is 1. The summed E-state index contributed by atoms with van der Waals surface area (Å²) in [5.41, 5.74) is 0. The van der Waals surface area contributed by atoms with Crippen LogP contribution < -0.4 is 10.0 Å². The Bertz CT molecular complexity index is 433. The Morgan fingerprint density at radius 2 is 2.17 bits per heavy atom. The molecular weight excluding hydrogens is 262 g/mol. The molecule has 18 heavy (non-hydrogen) atoms. The molecule has 0 aromatic carbocycles. The molecule has 2 amide bonds. The fourth-order valence-electron chi connectivity index (χ4n) is 1.49. The number of hydrogen-bond acceptors (Lipinski definition) is 5. The molecule has 1 aliphatic rings. The van der Waals surface area contributed by atoms with Crippen LogP contribution in [-0.2, 0) is 19.7 Å². The van der Waals surface area contributed by atoms with Gasteiger partial charge in [-0.2, -0.15) is 12.7 Å². The van der Waals surface area contributed by atoms with E-state index in [0.717, 1.165) is 4.31 Å². The first kappa shape index (κ1) is 14.7. The first-order chi connectivity index (χ1) is 8.24. The third-order valence-corrected chi connectivity index (χ3v) is 3.85. The van der Waals surface area contributed by atoms with Crippen molar-refractivity contribution in [3.05, 3.63) is 0 Å². The molecule has 0 aromatic heterocycles. The van der Waals surface area contributed by atoms with E-state index in [0.29, 0.717) is 0 Å². The number of rotatable bonds is 3. The summed E-state index contributed by atoms with van der Waals surface area (Å²) in [6, 6.07) is -0.858. The number of carbonyl (C=O) groups is 2. The Balaban J connectivity index is 2.74. The lowest BCUT2D eigenvalue weighted by molar-refractivity contribution is -0.126. The van der Waals surface area contributed by atoms with Crippen LogP contribution in [0.15, 0.2) is 0 Å². The Hall–Kier alpha value is -1.35. The Kier molecular flexibility index (Phi) is 4.52. The molecule has 1 atom stereocenters. The van der Waals surface area contributed by atoms with Gasteiger partial charge in [0.25, 0.3) is 0 Å². The second-order valence-electron chi connectivity index (χ2n) is 4.14. The molecule has 1 rings (SSSR count). The van der Waals surface area contributed by atoms with Crippen molar-refractivity contribution in [3.8, 4) is 0 Å². The molecule has 1 unspecified atom stereocenters. The predicted octanol–water partition coefficient (Wildman–Crippen LogP) is -0.814. The third-order valence-electron chi connectivity index (χ3n) is 2.31. The second kappa shape index (κ2) is 5.53. The van der Waals surface area contributed by atoms with Crippen LogP contribution in [-0.4, -0.2) is 50.0 Å². The van der Waals surface area contributed by atoms with Crippen molar-refractivity contribution >= 4 is 22.2 Å². The highest BCUT2D eigenvalue weighted by molar-refractivity contribution is 7.87. The smallest absolute Gasteiger partial charge is 0.422 e. The minimum Gasteiger partial charge on any atom is -0.446 e. The summed E-state index contributed by atoms with van der Waals surface area (Å²) in [6.45, 7) is 4.97. The second-order valence-corrected chi connectivity index (χ2v) is 5.76. The maximum Gasteiger partial charge on any atom is 0.422 e. The fraction of sp³-hybridized carbons (Fsp3) is 0.778. The lowest BCUT2D eigenvalue weighted by Gasteiger charge is -2.31. The van der Waals surface area contributed by atoms with Gasteiger partial charge in [0.05, 0.1) is 6.10 Å². The molecule has 0 radical (unpaired) electrons. The molecule has 2 N–H and O–H groups in total. The molecule has 0 aromatic rings. The van der Waals surface area contributed by atoms with Gasteiger partial charge in [-0.15, -0.1) is 0 Å². The number of ether oxygens (including phenoxy) is 1. The van der Waals surface area contributed by atoms with Gasteiger partial charge in [-0.05, 0) is 20.8 Å². The Labute approximate surface area is 106 Å². The summed E-state index contributed by atoms with van der Waals surface area (Å²) < 4.78 is 31.1. The molecule has 0 bridgehead atoms. The zero-order valence-corrected chi connectivity index (χ0v) is 11.3. The molecule has 0 spiro atoms. The predicted molar refractivity (Wildman–Crippen MR) is 62.9 cm³/mol. The van der Waals surface area contributed by atoms with Gasteiger partial charge >= 0.3 is 16.3 Å². The van der Waals surface area contributed by atoms with E-state index >= 15 is 0 Å². The molecule has 8 nitrogen and oxygen atoms in total. The zero-order valence-electron chi connectivity index (χ0n) is 10.5. The number of hydrogen-bond donors (Lipinski definition) is 2. The summed E-state index contributed by atoms with van der Waals surface area (Å²) >= 11 is 0. The van der Waals surface area contributed by atoms with Crippen LogP contribution in [0.5, 0.6) is 0 Å². The zero-order chi connectivity index (χ0) is 13.9. The van der Waals surface area contributed by atoms with E-state index in [1.807, 2.05) is 0 Å². The minimum absolute atomic E-state index is 0.108. The van der Waals surface area contributed by atoms with E-state index in [-0.39, 0.29) is 13.1 Å². The van der Waals surface area contributed by atoms with E-state index < -0.39 is 34.4 Å². The maximum absolute atomic E-state index is 11.9. The SMILES string of the molecule is CC(C)OC(=O)NS(=O)(=O)N1CCNC(=O)C1C. The first-order valence-electron chi connectivity index (χ1n) is 5.52. The molecule has 1 saturated heterocycles. The largest absolute Gasteiger partial charge is 0.446 e. The van der Waals surface area contributed by atoms with Crippen LogP contribution in [0, 0.1) is 0 Å². The van der Waals surface area contributed by atoms with E-state index in [1.165, 1.54) is 6.92 Å². The Morgan fingerprint density at radius 3 is 2.72 bits per heavy atom. The summed E-state index contributed by atoms with van der Waals surface area (Å²) in [5.74, 6) is -0.399. The van der Waals surface area contributed by atoms with Crippen molar-refractivity contribution in [2.75, 3.05) is 13.1 Å². The first-order valence-corrected chi connectivity index (χ1v) is 6.96. The summed E-state index contributed by atoms with van der Waals surface area (Å²) in [6.07, 6.45) is -1.48. The van der Waals surface area contributed by atoms with E-state index in [9.17, 15) is 18.0 Å². The van der Waals surface area contributed by atoms with Crippen LogP contribution in [0.3, 0.4) is 0 Å². The minimum atomic E-state index is -4.06. The van der Waals surface area contributed by atoms with Crippen LogP contribution >= 0.6 is 0 Å². The van der Waals surface area contributed by atoms with Gasteiger partial charge in [0.15, 0.2) is 0 Å². The maximum atomic E-state index is 11.9.